The minimum atomic E-state index is -0.394. The van der Waals surface area contributed by atoms with Crippen molar-refractivity contribution in [2.75, 3.05) is 25.0 Å². The van der Waals surface area contributed by atoms with E-state index in [1.54, 1.807) is 12.3 Å². The molecule has 0 spiro atoms. The Bertz CT molecular complexity index is 470. The van der Waals surface area contributed by atoms with Crippen molar-refractivity contribution in [1.29, 1.82) is 0 Å². The molecule has 6 nitrogen and oxygen atoms in total. The zero-order valence-corrected chi connectivity index (χ0v) is 11.5. The Balaban J connectivity index is 1.89. The Morgan fingerprint density at radius 3 is 2.95 bits per heavy atom. The molecule has 0 radical (unpaired) electrons. The predicted molar refractivity (Wildman–Crippen MR) is 78.8 cm³/mol. The minimum Gasteiger partial charge on any atom is -0.362 e. The fraction of sp³-hybridized carbons (Fsp3) is 0.500. The van der Waals surface area contributed by atoms with Crippen LogP contribution >= 0.6 is 0 Å². The lowest BCUT2D eigenvalue weighted by molar-refractivity contribution is -0.384. The molecule has 0 unspecified atom stereocenters. The third-order valence-corrected chi connectivity index (χ3v) is 3.56. The molecule has 1 aromatic heterocycles. The number of hydrogen-bond donors (Lipinski definition) is 1. The van der Waals surface area contributed by atoms with Gasteiger partial charge in [0.2, 0.25) is 5.82 Å². The van der Waals surface area contributed by atoms with E-state index in [9.17, 15) is 10.1 Å². The lowest BCUT2D eigenvalue weighted by Gasteiger charge is -2.32. The summed E-state index contributed by atoms with van der Waals surface area (Å²) in [5.41, 5.74) is 0.0431. The molecule has 0 atom stereocenters. The molecule has 2 heterocycles. The van der Waals surface area contributed by atoms with Crippen molar-refractivity contribution in [1.82, 2.24) is 9.88 Å². The van der Waals surface area contributed by atoms with Crippen LogP contribution in [0.5, 0.6) is 0 Å². The van der Waals surface area contributed by atoms with Gasteiger partial charge in [-0.2, -0.15) is 0 Å². The van der Waals surface area contributed by atoms with Gasteiger partial charge in [0.1, 0.15) is 0 Å². The largest absolute Gasteiger partial charge is 0.362 e. The standard InChI is InChI=1S/C14H20N4O2/c1-2-3-9-17-10-6-12(7-11-17)16-14-13(18(19)20)5-4-8-15-14/h2,4-5,8,12H,1,3,6-7,9-11H2,(H,15,16). The first-order valence-corrected chi connectivity index (χ1v) is 6.90. The van der Waals surface area contributed by atoms with E-state index < -0.39 is 4.92 Å². The summed E-state index contributed by atoms with van der Waals surface area (Å²) in [6.45, 7) is 6.78. The van der Waals surface area contributed by atoms with Crippen LogP contribution < -0.4 is 5.32 Å². The lowest BCUT2D eigenvalue weighted by Crippen LogP contribution is -2.39. The molecule has 1 aromatic rings. The minimum absolute atomic E-state index is 0.0431. The topological polar surface area (TPSA) is 71.3 Å². The number of nitro groups is 1. The Morgan fingerprint density at radius 2 is 2.30 bits per heavy atom. The molecule has 1 aliphatic heterocycles. The van der Waals surface area contributed by atoms with Gasteiger partial charge in [0.15, 0.2) is 0 Å². The van der Waals surface area contributed by atoms with E-state index in [0.29, 0.717) is 5.82 Å². The molecule has 1 N–H and O–H groups in total. The number of hydrogen-bond acceptors (Lipinski definition) is 5. The Hall–Kier alpha value is -1.95. The molecular weight excluding hydrogens is 256 g/mol. The Kier molecular flexibility index (Phi) is 5.06. The van der Waals surface area contributed by atoms with E-state index in [1.807, 2.05) is 6.08 Å². The van der Waals surface area contributed by atoms with Crippen LogP contribution in [0.4, 0.5) is 11.5 Å². The van der Waals surface area contributed by atoms with E-state index in [0.717, 1.165) is 38.9 Å². The van der Waals surface area contributed by atoms with E-state index >= 15 is 0 Å². The summed E-state index contributed by atoms with van der Waals surface area (Å²) in [5.74, 6) is 0.377. The summed E-state index contributed by atoms with van der Waals surface area (Å²) in [4.78, 5) is 17.0. The second-order valence-corrected chi connectivity index (χ2v) is 4.97. The smallest absolute Gasteiger partial charge is 0.311 e. The van der Waals surface area contributed by atoms with Gasteiger partial charge < -0.3 is 10.2 Å². The first kappa shape index (κ1) is 14.5. The number of pyridine rings is 1. The fourth-order valence-electron chi connectivity index (χ4n) is 2.42. The van der Waals surface area contributed by atoms with Crippen LogP contribution in [0.15, 0.2) is 31.0 Å². The molecule has 0 amide bonds. The zero-order chi connectivity index (χ0) is 14.4. The van der Waals surface area contributed by atoms with E-state index in [2.05, 4.69) is 21.8 Å². The quantitative estimate of drug-likeness (QED) is 0.491. The van der Waals surface area contributed by atoms with Crippen molar-refractivity contribution in [3.05, 3.63) is 41.1 Å². The highest BCUT2D eigenvalue weighted by molar-refractivity contribution is 5.55. The number of likely N-dealkylation sites (tertiary alicyclic amines) is 1. The third-order valence-electron chi connectivity index (χ3n) is 3.56. The van der Waals surface area contributed by atoms with Crippen LogP contribution in [0.2, 0.25) is 0 Å². The van der Waals surface area contributed by atoms with Gasteiger partial charge >= 0.3 is 5.69 Å². The van der Waals surface area contributed by atoms with Gasteiger partial charge in [-0.1, -0.05) is 6.08 Å². The normalized spacial score (nSPS) is 16.8. The molecule has 0 bridgehead atoms. The van der Waals surface area contributed by atoms with Crippen LogP contribution in [0.25, 0.3) is 0 Å². The molecule has 1 aliphatic rings. The van der Waals surface area contributed by atoms with Gasteiger partial charge in [0.05, 0.1) is 4.92 Å². The van der Waals surface area contributed by atoms with Crippen molar-refractivity contribution >= 4 is 11.5 Å². The maximum atomic E-state index is 10.9. The summed E-state index contributed by atoms with van der Waals surface area (Å²) in [5, 5.41) is 14.1. The number of aromatic nitrogens is 1. The number of nitrogens with one attached hydrogen (secondary N) is 1. The first-order chi connectivity index (χ1) is 9.70. The molecule has 6 heteroatoms. The Labute approximate surface area is 118 Å². The molecule has 1 saturated heterocycles. The molecule has 2 rings (SSSR count). The van der Waals surface area contributed by atoms with Gasteiger partial charge in [-0.3, -0.25) is 10.1 Å². The first-order valence-electron chi connectivity index (χ1n) is 6.90. The summed E-state index contributed by atoms with van der Waals surface area (Å²) >= 11 is 0. The van der Waals surface area contributed by atoms with Crippen LogP contribution in [-0.4, -0.2) is 40.5 Å². The van der Waals surface area contributed by atoms with Crippen molar-refractivity contribution in [2.45, 2.75) is 25.3 Å². The molecule has 108 valence electrons. The second-order valence-electron chi connectivity index (χ2n) is 4.97. The number of anilines is 1. The van der Waals surface area contributed by atoms with Crippen molar-refractivity contribution in [3.8, 4) is 0 Å². The van der Waals surface area contributed by atoms with Crippen LogP contribution in [0, 0.1) is 10.1 Å². The fourth-order valence-corrected chi connectivity index (χ4v) is 2.42. The highest BCUT2D eigenvalue weighted by Gasteiger charge is 2.22. The monoisotopic (exact) mass is 276 g/mol. The summed E-state index contributed by atoms with van der Waals surface area (Å²) in [7, 11) is 0. The Morgan fingerprint density at radius 1 is 1.55 bits per heavy atom. The van der Waals surface area contributed by atoms with Crippen LogP contribution in [0.3, 0.4) is 0 Å². The molecule has 0 aromatic carbocycles. The van der Waals surface area contributed by atoms with Crippen LogP contribution in [-0.2, 0) is 0 Å². The highest BCUT2D eigenvalue weighted by atomic mass is 16.6. The molecular formula is C14H20N4O2. The van der Waals surface area contributed by atoms with Crippen molar-refractivity contribution < 1.29 is 4.92 Å². The van der Waals surface area contributed by atoms with Gasteiger partial charge in [0.25, 0.3) is 0 Å². The van der Waals surface area contributed by atoms with E-state index in [-0.39, 0.29) is 11.7 Å². The lowest BCUT2D eigenvalue weighted by atomic mass is 10.0. The van der Waals surface area contributed by atoms with Gasteiger partial charge in [0, 0.05) is 37.9 Å². The SMILES string of the molecule is C=CCCN1CCC(Nc2ncccc2[N+](=O)[O-])CC1. The summed E-state index contributed by atoms with van der Waals surface area (Å²) in [6.07, 6.45) is 6.47. The average Bonchev–Trinajstić information content (AvgIpc) is 2.47. The zero-order valence-electron chi connectivity index (χ0n) is 11.5. The van der Waals surface area contributed by atoms with Gasteiger partial charge in [-0.05, 0) is 25.3 Å². The van der Waals surface area contributed by atoms with Gasteiger partial charge in [-0.25, -0.2) is 4.98 Å². The van der Waals surface area contributed by atoms with Crippen molar-refractivity contribution in [3.63, 3.8) is 0 Å². The molecule has 0 aliphatic carbocycles. The average molecular weight is 276 g/mol. The highest BCUT2D eigenvalue weighted by Crippen LogP contribution is 2.23. The molecule has 1 fully saturated rings. The number of nitrogens with zero attached hydrogens (tertiary/aromatic N) is 3. The van der Waals surface area contributed by atoms with Gasteiger partial charge in [-0.15, -0.1) is 6.58 Å². The molecule has 20 heavy (non-hydrogen) atoms. The van der Waals surface area contributed by atoms with E-state index in [1.165, 1.54) is 6.07 Å². The summed E-state index contributed by atoms with van der Waals surface area (Å²) < 4.78 is 0. The third kappa shape index (κ3) is 3.77. The van der Waals surface area contributed by atoms with Crippen LogP contribution in [0.1, 0.15) is 19.3 Å². The maximum absolute atomic E-state index is 10.9. The maximum Gasteiger partial charge on any atom is 0.311 e. The number of rotatable bonds is 6. The number of piperidine rings is 1. The second kappa shape index (κ2) is 7.00. The summed E-state index contributed by atoms with van der Waals surface area (Å²) in [6, 6.07) is 3.32. The van der Waals surface area contributed by atoms with Crippen molar-refractivity contribution in [2.24, 2.45) is 0 Å². The van der Waals surface area contributed by atoms with E-state index in [4.69, 9.17) is 0 Å². The molecule has 0 saturated carbocycles. The predicted octanol–water partition coefficient (Wildman–Crippen LogP) is 2.44.